The van der Waals surface area contributed by atoms with Crippen LogP contribution in [0.25, 0.3) is 0 Å². The average molecular weight is 588 g/mol. The minimum atomic E-state index is -2.43. The first-order valence-corrected chi connectivity index (χ1v) is 17.6. The smallest absolute Gasteiger partial charge is 0.414 e. The van der Waals surface area contributed by atoms with E-state index in [0.29, 0.717) is 35.2 Å². The molecule has 0 aromatic carbocycles. The van der Waals surface area contributed by atoms with Crippen LogP contribution in [0, 0.1) is 5.41 Å². The summed E-state index contributed by atoms with van der Waals surface area (Å²) in [7, 11) is 0.867. The fourth-order valence-electron chi connectivity index (χ4n) is 6.30. The van der Waals surface area contributed by atoms with Gasteiger partial charge in [-0.05, 0) is 69.5 Å². The van der Waals surface area contributed by atoms with Crippen LogP contribution in [-0.4, -0.2) is 50.9 Å². The third kappa shape index (κ3) is 8.25. The van der Waals surface area contributed by atoms with E-state index in [4.69, 9.17) is 13.9 Å². The lowest BCUT2D eigenvalue weighted by Crippen LogP contribution is -2.48. The minimum absolute atomic E-state index is 0.0495. The number of allylic oxidation sites excluding steroid dienone is 6. The quantitative estimate of drug-likeness (QED) is 0.108. The van der Waals surface area contributed by atoms with Crippen LogP contribution in [0.5, 0.6) is 0 Å². The van der Waals surface area contributed by atoms with Crippen molar-refractivity contribution < 1.29 is 23.5 Å². The Hall–Kier alpha value is -2.12. The molecule has 0 aromatic rings. The molecule has 0 bridgehead atoms. The van der Waals surface area contributed by atoms with Crippen molar-refractivity contribution in [3.63, 3.8) is 0 Å². The molecule has 0 unspecified atom stereocenters. The molecular formula is C34H57NO5Si. The summed E-state index contributed by atoms with van der Waals surface area (Å²) in [6, 6.07) is 0. The summed E-state index contributed by atoms with van der Waals surface area (Å²) in [5, 5.41) is 0. The predicted molar refractivity (Wildman–Crippen MR) is 171 cm³/mol. The summed E-state index contributed by atoms with van der Waals surface area (Å²) in [4.78, 5) is 28.0. The Bertz CT molecular complexity index is 1050. The lowest BCUT2D eigenvalue weighted by Gasteiger charge is -2.42. The molecule has 3 atom stereocenters. The first-order valence-electron chi connectivity index (χ1n) is 15.4. The summed E-state index contributed by atoms with van der Waals surface area (Å²) in [6.07, 6.45) is 11.1. The monoisotopic (exact) mass is 587 g/mol. The highest BCUT2D eigenvalue weighted by molar-refractivity contribution is 6.78. The molecule has 1 amide bonds. The van der Waals surface area contributed by atoms with Gasteiger partial charge in [0.1, 0.15) is 5.60 Å². The van der Waals surface area contributed by atoms with Crippen molar-refractivity contribution in [2.75, 3.05) is 14.1 Å². The Kier molecular flexibility index (Phi) is 11.9. The number of nitrogens with zero attached hydrogens (tertiary/aromatic N) is 1. The number of Topliss-reactive ketones (excluding diaryl/α,β-unsaturated/α-hetero) is 1. The van der Waals surface area contributed by atoms with Crippen LogP contribution in [0.2, 0.25) is 16.6 Å². The predicted octanol–water partition coefficient (Wildman–Crippen LogP) is 9.25. The first-order chi connectivity index (χ1) is 18.9. The van der Waals surface area contributed by atoms with Crippen LogP contribution in [0.1, 0.15) is 108 Å². The molecule has 0 saturated carbocycles. The Balaban J connectivity index is 2.15. The fraction of sp³-hybridized carbons (Fsp3) is 0.706. The van der Waals surface area contributed by atoms with Gasteiger partial charge in [-0.3, -0.25) is 4.79 Å². The van der Waals surface area contributed by atoms with Crippen LogP contribution in [0.15, 0.2) is 47.5 Å². The van der Waals surface area contributed by atoms with Crippen molar-refractivity contribution in [3.8, 4) is 0 Å². The maximum atomic E-state index is 14.0. The van der Waals surface area contributed by atoms with E-state index < -0.39 is 19.8 Å². The first kappa shape index (κ1) is 35.1. The highest BCUT2D eigenvalue weighted by Gasteiger charge is 2.53. The third-order valence-electron chi connectivity index (χ3n) is 9.24. The zero-order chi connectivity index (χ0) is 31.3. The lowest BCUT2D eigenvalue weighted by molar-refractivity contribution is -0.124. The molecule has 41 heavy (non-hydrogen) atoms. The van der Waals surface area contributed by atoms with Gasteiger partial charge >= 0.3 is 6.09 Å². The van der Waals surface area contributed by atoms with Gasteiger partial charge in [-0.25, -0.2) is 4.79 Å². The Labute approximate surface area is 251 Å². The minimum Gasteiger partial charge on any atom is -0.538 e. The van der Waals surface area contributed by atoms with E-state index in [9.17, 15) is 9.59 Å². The third-order valence-corrected chi connectivity index (χ3v) is 15.2. The number of hydrogen-bond donors (Lipinski definition) is 0. The molecule has 1 heterocycles. The normalized spacial score (nSPS) is 25.4. The van der Waals surface area contributed by atoms with Crippen LogP contribution in [0.3, 0.4) is 0 Å². The van der Waals surface area contributed by atoms with Gasteiger partial charge in [-0.1, -0.05) is 77.8 Å². The van der Waals surface area contributed by atoms with Crippen molar-refractivity contribution >= 4 is 20.2 Å². The standard InChI is InChI=1S/C34H57NO5Si/c1-14-34(11)29(39-34)19-18-26(8)16-15-17-27(9)20-21-33(10)22-28(38-32(37)35(12)13)30(31(33)36)40-41(23(2)3,24(4)5)25(6)7/h14,16,20,23-25,29H,1,15,17-19,21-22H2,2-13H3/b26-16+,27-20+/t29-,33-,34-/m0/s1. The molecule has 0 spiro atoms. The summed E-state index contributed by atoms with van der Waals surface area (Å²) < 4.78 is 18.4. The molecule has 0 aromatic heterocycles. The van der Waals surface area contributed by atoms with Gasteiger partial charge in [0.15, 0.2) is 11.5 Å². The van der Waals surface area contributed by atoms with Gasteiger partial charge in [0.05, 0.1) is 6.10 Å². The van der Waals surface area contributed by atoms with Crippen LogP contribution < -0.4 is 0 Å². The maximum absolute atomic E-state index is 14.0. The van der Waals surface area contributed by atoms with Crippen molar-refractivity contribution in [2.45, 2.75) is 136 Å². The number of ether oxygens (including phenoxy) is 2. The highest BCUT2D eigenvalue weighted by Crippen LogP contribution is 2.49. The molecule has 2 aliphatic rings. The molecule has 6 nitrogen and oxygen atoms in total. The Morgan fingerprint density at radius 1 is 1.05 bits per heavy atom. The van der Waals surface area contributed by atoms with Crippen molar-refractivity contribution in [3.05, 3.63) is 47.5 Å². The van der Waals surface area contributed by atoms with Gasteiger partial charge in [-0.15, -0.1) is 6.58 Å². The van der Waals surface area contributed by atoms with E-state index in [1.165, 1.54) is 16.0 Å². The van der Waals surface area contributed by atoms with E-state index in [0.717, 1.165) is 25.7 Å². The molecule has 232 valence electrons. The second kappa shape index (κ2) is 13.9. The SMILES string of the molecule is C=C[C@]1(C)O[C@H]1CC/C(C)=C/CC/C(C)=C/C[C@@]1(C)CC(OC(=O)N(C)C)=C(O[Si](C(C)C)(C(C)C)C(C)C)C1=O. The number of hydrogen-bond acceptors (Lipinski definition) is 5. The van der Waals surface area contributed by atoms with Gasteiger partial charge in [-0.2, -0.15) is 0 Å². The van der Waals surface area contributed by atoms with Crippen LogP contribution in [0.4, 0.5) is 4.79 Å². The number of carbonyl (C=O) groups excluding carboxylic acids is 2. The fourth-order valence-corrected chi connectivity index (χ4v) is 11.6. The molecule has 0 N–H and O–H groups in total. The summed E-state index contributed by atoms with van der Waals surface area (Å²) in [5.74, 6) is 0.612. The Morgan fingerprint density at radius 2 is 1.61 bits per heavy atom. The number of amides is 1. The highest BCUT2D eigenvalue weighted by atomic mass is 28.4. The number of ketones is 1. The zero-order valence-corrected chi connectivity index (χ0v) is 29.0. The molecule has 0 radical (unpaired) electrons. The second-order valence-electron chi connectivity index (χ2n) is 13.9. The summed E-state index contributed by atoms with van der Waals surface area (Å²) >= 11 is 0. The van der Waals surface area contributed by atoms with Crippen LogP contribution >= 0.6 is 0 Å². The van der Waals surface area contributed by atoms with E-state index in [2.05, 4.69) is 81.0 Å². The number of epoxide rings is 1. The largest absolute Gasteiger partial charge is 0.538 e. The maximum Gasteiger partial charge on any atom is 0.414 e. The molecule has 1 aliphatic carbocycles. The van der Waals surface area contributed by atoms with Gasteiger partial charge in [0.2, 0.25) is 5.78 Å². The molecule has 7 heteroatoms. The Morgan fingerprint density at radius 3 is 2.10 bits per heavy atom. The topological polar surface area (TPSA) is 68.4 Å². The van der Waals surface area contributed by atoms with E-state index in [-0.39, 0.29) is 23.2 Å². The van der Waals surface area contributed by atoms with Crippen molar-refractivity contribution in [1.82, 2.24) is 4.90 Å². The molecule has 2 rings (SSSR count). The lowest BCUT2D eigenvalue weighted by atomic mass is 9.82. The van der Waals surface area contributed by atoms with E-state index >= 15 is 0 Å². The van der Waals surface area contributed by atoms with E-state index in [1.807, 2.05) is 13.0 Å². The zero-order valence-electron chi connectivity index (χ0n) is 28.0. The molecular weight excluding hydrogens is 530 g/mol. The molecule has 1 saturated heterocycles. The van der Waals surface area contributed by atoms with Crippen LogP contribution in [-0.2, 0) is 18.7 Å². The van der Waals surface area contributed by atoms with E-state index in [1.54, 1.807) is 14.1 Å². The molecule has 1 fully saturated rings. The van der Waals surface area contributed by atoms with Gasteiger partial charge < -0.3 is 18.8 Å². The number of rotatable bonds is 15. The van der Waals surface area contributed by atoms with Crippen molar-refractivity contribution in [1.29, 1.82) is 0 Å². The average Bonchev–Trinajstić information content (AvgIpc) is 3.48. The van der Waals surface area contributed by atoms with Gasteiger partial charge in [0.25, 0.3) is 8.32 Å². The number of carbonyl (C=O) groups is 2. The summed E-state index contributed by atoms with van der Waals surface area (Å²) in [5.41, 5.74) is 2.66. The second-order valence-corrected chi connectivity index (χ2v) is 19.3. The summed E-state index contributed by atoms with van der Waals surface area (Å²) in [6.45, 7) is 25.4. The van der Waals surface area contributed by atoms with Crippen molar-refractivity contribution in [2.24, 2.45) is 5.41 Å². The van der Waals surface area contributed by atoms with Gasteiger partial charge in [0, 0.05) is 25.9 Å². The molecule has 1 aliphatic heterocycles.